The summed E-state index contributed by atoms with van der Waals surface area (Å²) in [5.41, 5.74) is 2.10. The van der Waals surface area contributed by atoms with Gasteiger partial charge in [-0.25, -0.2) is 0 Å². The van der Waals surface area contributed by atoms with Crippen LogP contribution < -0.4 is 10.2 Å². The van der Waals surface area contributed by atoms with Gasteiger partial charge in [-0.15, -0.1) is 5.10 Å². The maximum Gasteiger partial charge on any atom is 0.260 e. The quantitative estimate of drug-likeness (QED) is 0.651. The number of fused-ring (bicyclic) bond motifs is 5. The van der Waals surface area contributed by atoms with Crippen molar-refractivity contribution in [3.05, 3.63) is 71.0 Å². The smallest absolute Gasteiger partial charge is 0.260 e. The van der Waals surface area contributed by atoms with Crippen molar-refractivity contribution in [2.24, 2.45) is 0 Å². The van der Waals surface area contributed by atoms with Crippen LogP contribution in [0.2, 0.25) is 0 Å². The van der Waals surface area contributed by atoms with Crippen molar-refractivity contribution < 1.29 is 19.1 Å². The van der Waals surface area contributed by atoms with E-state index in [1.54, 1.807) is 47.4 Å². The Morgan fingerprint density at radius 3 is 2.65 bits per heavy atom. The van der Waals surface area contributed by atoms with Gasteiger partial charge in [-0.1, -0.05) is 30.3 Å². The number of aromatic amines is 1. The van der Waals surface area contributed by atoms with Crippen molar-refractivity contribution in [2.75, 3.05) is 23.9 Å². The first-order valence-electron chi connectivity index (χ1n) is 9.61. The summed E-state index contributed by atoms with van der Waals surface area (Å²) in [4.78, 5) is 46.3. The predicted octanol–water partition coefficient (Wildman–Crippen LogP) is 1.70. The number of hydrogen-bond acceptors (Lipinski definition) is 6. The lowest BCUT2D eigenvalue weighted by atomic mass is 10.0. The van der Waals surface area contributed by atoms with E-state index >= 15 is 0 Å². The minimum absolute atomic E-state index is 0.0849. The van der Waals surface area contributed by atoms with Gasteiger partial charge >= 0.3 is 0 Å². The molecule has 2 aliphatic heterocycles. The number of amides is 3. The van der Waals surface area contributed by atoms with Crippen LogP contribution in [0.1, 0.15) is 38.3 Å². The maximum absolute atomic E-state index is 13.3. The highest BCUT2D eigenvalue weighted by Gasteiger charge is 2.48. The van der Waals surface area contributed by atoms with Crippen molar-refractivity contribution in [1.29, 1.82) is 0 Å². The number of carbonyl (C=O) groups is 3. The lowest BCUT2D eigenvalue weighted by molar-refractivity contribution is -0.117. The molecule has 0 bridgehead atoms. The minimum Gasteiger partial charge on any atom is -0.377 e. The average Bonchev–Trinajstić information content (AvgIpc) is 3.34. The monoisotopic (exact) mass is 418 g/mol. The SMILES string of the molecule is COCc1nc(NC(=O)CN2C(=O)c3ccccc3N3C(=O)c4ccccc4[C@H]23)n[nH]1. The Morgan fingerprint density at radius 2 is 1.84 bits per heavy atom. The molecule has 1 aromatic heterocycles. The number of aromatic nitrogens is 3. The number of hydrogen-bond donors (Lipinski definition) is 2. The second kappa shape index (κ2) is 7.33. The molecular formula is C21H18N6O4. The van der Waals surface area contributed by atoms with Crippen LogP contribution in [0.25, 0.3) is 0 Å². The third-order valence-electron chi connectivity index (χ3n) is 5.26. The van der Waals surface area contributed by atoms with E-state index in [2.05, 4.69) is 20.5 Å². The topological polar surface area (TPSA) is 121 Å². The van der Waals surface area contributed by atoms with Gasteiger partial charge in [0.25, 0.3) is 11.8 Å². The normalized spacial score (nSPS) is 16.7. The van der Waals surface area contributed by atoms with Crippen LogP contribution in [-0.2, 0) is 16.1 Å². The third-order valence-corrected chi connectivity index (χ3v) is 5.26. The van der Waals surface area contributed by atoms with E-state index in [9.17, 15) is 14.4 Å². The first-order valence-corrected chi connectivity index (χ1v) is 9.61. The van der Waals surface area contributed by atoms with Crippen LogP contribution in [0.3, 0.4) is 0 Å². The number of rotatable bonds is 5. The number of para-hydroxylation sites is 1. The standard InChI is InChI=1S/C21H18N6O4/c1-31-11-16-22-21(25-24-16)23-17(28)10-26-18-12-6-2-3-7-13(12)20(30)27(18)15-9-5-4-8-14(15)19(26)29/h2-9,18H,10-11H2,1H3,(H2,22,23,24,25,28)/t18-/m1/s1. The summed E-state index contributed by atoms with van der Waals surface area (Å²) in [6.45, 7) is -0.0513. The first kappa shape index (κ1) is 18.9. The Morgan fingerprint density at radius 1 is 1.10 bits per heavy atom. The summed E-state index contributed by atoms with van der Waals surface area (Å²) in [6, 6.07) is 14.0. The Hall–Kier alpha value is -4.05. The molecule has 3 aromatic rings. The molecule has 0 fully saturated rings. The zero-order valence-electron chi connectivity index (χ0n) is 16.5. The fraction of sp³-hybridized carbons (Fsp3) is 0.190. The predicted molar refractivity (Wildman–Crippen MR) is 109 cm³/mol. The molecule has 10 heteroatoms. The average molecular weight is 418 g/mol. The molecule has 3 amide bonds. The number of H-pyrrole nitrogens is 1. The van der Waals surface area contributed by atoms with Gasteiger partial charge in [0, 0.05) is 18.2 Å². The second-order valence-corrected chi connectivity index (χ2v) is 7.17. The number of ether oxygens (including phenoxy) is 1. The van der Waals surface area contributed by atoms with E-state index in [1.165, 1.54) is 12.0 Å². The summed E-state index contributed by atoms with van der Waals surface area (Å²) in [7, 11) is 1.52. The van der Waals surface area contributed by atoms with Crippen molar-refractivity contribution in [1.82, 2.24) is 20.1 Å². The van der Waals surface area contributed by atoms with Gasteiger partial charge in [0.2, 0.25) is 11.9 Å². The van der Waals surface area contributed by atoms with Gasteiger partial charge in [0.15, 0.2) is 5.82 Å². The van der Waals surface area contributed by atoms with Crippen LogP contribution in [-0.4, -0.2) is 51.5 Å². The summed E-state index contributed by atoms with van der Waals surface area (Å²) < 4.78 is 4.97. The van der Waals surface area contributed by atoms with Crippen molar-refractivity contribution in [2.45, 2.75) is 12.8 Å². The molecule has 5 rings (SSSR count). The minimum atomic E-state index is -0.701. The molecule has 1 atom stereocenters. The van der Waals surface area contributed by atoms with Gasteiger partial charge in [-0.3, -0.25) is 29.7 Å². The fourth-order valence-electron chi connectivity index (χ4n) is 4.01. The molecule has 2 N–H and O–H groups in total. The van der Waals surface area contributed by atoms with Crippen LogP contribution in [0.15, 0.2) is 48.5 Å². The number of nitrogens with one attached hydrogen (secondary N) is 2. The van der Waals surface area contributed by atoms with Crippen LogP contribution in [0.4, 0.5) is 11.6 Å². The Bertz CT molecular complexity index is 1210. The molecule has 2 aliphatic rings. The summed E-state index contributed by atoms with van der Waals surface area (Å²) in [5.74, 6) is -0.466. The molecule has 0 radical (unpaired) electrons. The molecule has 0 spiro atoms. The summed E-state index contributed by atoms with van der Waals surface area (Å²) in [5, 5.41) is 9.16. The van der Waals surface area contributed by atoms with Crippen molar-refractivity contribution >= 4 is 29.4 Å². The Kier molecular flexibility index (Phi) is 4.48. The van der Waals surface area contributed by atoms with Gasteiger partial charge in [0.05, 0.1) is 11.3 Å². The molecule has 0 saturated carbocycles. The molecule has 10 nitrogen and oxygen atoms in total. The fourth-order valence-corrected chi connectivity index (χ4v) is 4.01. The zero-order chi connectivity index (χ0) is 21.5. The lowest BCUT2D eigenvalue weighted by Gasteiger charge is -2.40. The maximum atomic E-state index is 13.3. The highest BCUT2D eigenvalue weighted by molar-refractivity contribution is 6.17. The molecule has 156 valence electrons. The Labute approximate surface area is 176 Å². The lowest BCUT2D eigenvalue weighted by Crippen LogP contribution is -2.50. The second-order valence-electron chi connectivity index (χ2n) is 7.17. The largest absolute Gasteiger partial charge is 0.377 e. The molecule has 2 aromatic carbocycles. The highest BCUT2D eigenvalue weighted by Crippen LogP contribution is 2.44. The molecule has 31 heavy (non-hydrogen) atoms. The van der Waals surface area contributed by atoms with Crippen molar-refractivity contribution in [3.63, 3.8) is 0 Å². The Balaban J connectivity index is 1.48. The van der Waals surface area contributed by atoms with Crippen LogP contribution in [0.5, 0.6) is 0 Å². The van der Waals surface area contributed by atoms with E-state index in [0.717, 1.165) is 0 Å². The molecule has 0 saturated heterocycles. The molecule has 0 unspecified atom stereocenters. The number of nitrogens with zero attached hydrogens (tertiary/aromatic N) is 4. The summed E-state index contributed by atoms with van der Waals surface area (Å²) in [6.07, 6.45) is -0.701. The van der Waals surface area contributed by atoms with Crippen LogP contribution in [0, 0.1) is 0 Å². The number of benzene rings is 2. The molecule has 0 aliphatic carbocycles. The summed E-state index contributed by atoms with van der Waals surface area (Å²) >= 11 is 0. The molecule has 3 heterocycles. The van der Waals surface area contributed by atoms with Gasteiger partial charge in [-0.2, -0.15) is 4.98 Å². The molecular weight excluding hydrogens is 400 g/mol. The van der Waals surface area contributed by atoms with E-state index in [4.69, 9.17) is 4.74 Å². The van der Waals surface area contributed by atoms with Crippen LogP contribution >= 0.6 is 0 Å². The van der Waals surface area contributed by atoms with Gasteiger partial charge in [-0.05, 0) is 18.2 Å². The number of carbonyl (C=O) groups excluding carboxylic acids is 3. The van der Waals surface area contributed by atoms with E-state index in [0.29, 0.717) is 28.2 Å². The highest BCUT2D eigenvalue weighted by atomic mass is 16.5. The van der Waals surface area contributed by atoms with E-state index in [1.807, 2.05) is 6.07 Å². The van der Waals surface area contributed by atoms with Gasteiger partial charge < -0.3 is 9.64 Å². The number of anilines is 2. The first-order chi connectivity index (χ1) is 15.1. The van der Waals surface area contributed by atoms with E-state index in [-0.39, 0.29) is 30.9 Å². The van der Waals surface area contributed by atoms with E-state index < -0.39 is 12.1 Å². The third kappa shape index (κ3) is 3.04. The number of methoxy groups -OCH3 is 1. The van der Waals surface area contributed by atoms with Gasteiger partial charge in [0.1, 0.15) is 19.3 Å². The van der Waals surface area contributed by atoms with Crippen molar-refractivity contribution in [3.8, 4) is 0 Å². The zero-order valence-corrected chi connectivity index (χ0v) is 16.5.